The van der Waals surface area contributed by atoms with Crippen molar-refractivity contribution >= 4 is 5.97 Å². The Labute approximate surface area is 276 Å². The van der Waals surface area contributed by atoms with E-state index in [1.807, 2.05) is 97.1 Å². The van der Waals surface area contributed by atoms with Crippen LogP contribution >= 0.6 is 0 Å². The summed E-state index contributed by atoms with van der Waals surface area (Å²) < 4.78 is 19.6. The van der Waals surface area contributed by atoms with Crippen molar-refractivity contribution in [2.75, 3.05) is 26.8 Å². The van der Waals surface area contributed by atoms with E-state index in [1.165, 1.54) is 7.11 Å². The van der Waals surface area contributed by atoms with E-state index >= 15 is 0 Å². The molecule has 0 bridgehead atoms. The molecule has 4 aromatic carbocycles. The number of benzene rings is 4. The van der Waals surface area contributed by atoms with E-state index in [-0.39, 0.29) is 18.2 Å². The van der Waals surface area contributed by atoms with Crippen LogP contribution in [0.25, 0.3) is 16.9 Å². The van der Waals surface area contributed by atoms with Gasteiger partial charge in [0.05, 0.1) is 13.7 Å². The number of ether oxygens (including phenoxy) is 3. The van der Waals surface area contributed by atoms with Crippen LogP contribution in [0.15, 0.2) is 97.1 Å². The van der Waals surface area contributed by atoms with Crippen molar-refractivity contribution in [3.63, 3.8) is 0 Å². The zero-order valence-corrected chi connectivity index (χ0v) is 27.4. The first-order valence-electron chi connectivity index (χ1n) is 15.9. The molecule has 9 nitrogen and oxygen atoms in total. The number of carbonyl (C=O) groups is 1. The topological polar surface area (TPSA) is 98.9 Å². The van der Waals surface area contributed by atoms with Gasteiger partial charge in [0.1, 0.15) is 36.1 Å². The summed E-state index contributed by atoms with van der Waals surface area (Å²) in [4.78, 5) is 15.2. The van der Waals surface area contributed by atoms with Gasteiger partial charge in [-0.25, -0.2) is 9.48 Å². The van der Waals surface area contributed by atoms with Crippen LogP contribution in [0, 0.1) is 0 Å². The van der Waals surface area contributed by atoms with Crippen molar-refractivity contribution in [3.05, 3.63) is 125 Å². The van der Waals surface area contributed by atoms with E-state index < -0.39 is 5.97 Å². The van der Waals surface area contributed by atoms with E-state index in [4.69, 9.17) is 14.2 Å². The van der Waals surface area contributed by atoms with Gasteiger partial charge in [0.15, 0.2) is 5.69 Å². The highest BCUT2D eigenvalue weighted by molar-refractivity contribution is 5.94. The van der Waals surface area contributed by atoms with E-state index in [2.05, 4.69) is 36.0 Å². The molecule has 1 N–H and O–H groups in total. The highest BCUT2D eigenvalue weighted by Gasteiger charge is 2.26. The predicted octanol–water partition coefficient (Wildman–Crippen LogP) is 6.82. The quantitative estimate of drug-likeness (QED) is 0.125. The van der Waals surface area contributed by atoms with Crippen LogP contribution in [-0.4, -0.2) is 57.8 Å². The SMILES string of the molecule is CCN(CCO)Cc1ccc(-c2c(C(=O)OC)nnn2-c2cc(C(C)C)c(OCc3ccccc3)cc2OCc2ccccc2)cc1. The maximum atomic E-state index is 13.0. The average molecular weight is 635 g/mol. The number of aliphatic hydroxyl groups excluding tert-OH is 1. The second-order valence-electron chi connectivity index (χ2n) is 11.5. The zero-order chi connectivity index (χ0) is 33.2. The molecule has 9 heteroatoms. The second-order valence-corrected chi connectivity index (χ2v) is 11.5. The lowest BCUT2D eigenvalue weighted by Gasteiger charge is -2.21. The Morgan fingerprint density at radius 3 is 2.02 bits per heavy atom. The molecule has 1 aromatic heterocycles. The number of esters is 1. The monoisotopic (exact) mass is 634 g/mol. The smallest absolute Gasteiger partial charge is 0.360 e. The van der Waals surface area contributed by atoms with Crippen LogP contribution in [0.1, 0.15) is 59.4 Å². The molecule has 0 atom stereocenters. The number of aliphatic hydroxyl groups is 1. The molecule has 0 amide bonds. The fourth-order valence-corrected chi connectivity index (χ4v) is 5.35. The van der Waals surface area contributed by atoms with Crippen molar-refractivity contribution < 1.29 is 24.1 Å². The summed E-state index contributed by atoms with van der Waals surface area (Å²) >= 11 is 0. The zero-order valence-electron chi connectivity index (χ0n) is 27.4. The van der Waals surface area contributed by atoms with Gasteiger partial charge in [-0.15, -0.1) is 5.10 Å². The van der Waals surface area contributed by atoms with Gasteiger partial charge in [-0.05, 0) is 40.8 Å². The summed E-state index contributed by atoms with van der Waals surface area (Å²) in [5, 5.41) is 18.2. The Morgan fingerprint density at radius 1 is 0.851 bits per heavy atom. The van der Waals surface area contributed by atoms with Gasteiger partial charge in [-0.2, -0.15) is 0 Å². The number of aromatic nitrogens is 3. The van der Waals surface area contributed by atoms with Gasteiger partial charge < -0.3 is 19.3 Å². The summed E-state index contributed by atoms with van der Waals surface area (Å²) in [6, 6.07) is 31.8. The van der Waals surface area contributed by atoms with Gasteiger partial charge in [0.25, 0.3) is 0 Å². The van der Waals surface area contributed by atoms with Gasteiger partial charge in [-0.3, -0.25) is 4.90 Å². The van der Waals surface area contributed by atoms with E-state index in [9.17, 15) is 9.90 Å². The molecule has 5 aromatic rings. The Kier molecular flexibility index (Phi) is 11.4. The third-order valence-electron chi connectivity index (χ3n) is 7.96. The van der Waals surface area contributed by atoms with Crippen molar-refractivity contribution in [1.82, 2.24) is 19.9 Å². The molecule has 0 fully saturated rings. The molecule has 0 saturated heterocycles. The van der Waals surface area contributed by atoms with Crippen molar-refractivity contribution in [2.24, 2.45) is 0 Å². The molecular weight excluding hydrogens is 592 g/mol. The minimum atomic E-state index is -0.589. The molecule has 1 heterocycles. The number of nitrogens with zero attached hydrogens (tertiary/aromatic N) is 4. The summed E-state index contributed by atoms with van der Waals surface area (Å²) in [6.45, 7) is 9.21. The van der Waals surface area contributed by atoms with Crippen LogP contribution < -0.4 is 9.47 Å². The lowest BCUT2D eigenvalue weighted by Crippen LogP contribution is -2.26. The largest absolute Gasteiger partial charge is 0.488 e. The average Bonchev–Trinajstić information content (AvgIpc) is 3.55. The fourth-order valence-electron chi connectivity index (χ4n) is 5.35. The van der Waals surface area contributed by atoms with E-state index in [0.717, 1.165) is 34.4 Å². The van der Waals surface area contributed by atoms with Crippen LogP contribution in [0.3, 0.4) is 0 Å². The van der Waals surface area contributed by atoms with Gasteiger partial charge >= 0.3 is 5.97 Å². The first kappa shape index (κ1) is 33.4. The molecular formula is C38H42N4O5. The molecule has 0 aliphatic rings. The third kappa shape index (κ3) is 8.24. The van der Waals surface area contributed by atoms with Crippen molar-refractivity contribution in [2.45, 2.75) is 46.4 Å². The molecule has 244 valence electrons. The third-order valence-corrected chi connectivity index (χ3v) is 7.96. The van der Waals surface area contributed by atoms with Crippen LogP contribution in [-0.2, 0) is 24.5 Å². The fraction of sp³-hybridized carbons (Fsp3) is 0.289. The highest BCUT2D eigenvalue weighted by atomic mass is 16.5. The minimum absolute atomic E-state index is 0.0974. The van der Waals surface area contributed by atoms with Crippen molar-refractivity contribution in [3.8, 4) is 28.4 Å². The maximum absolute atomic E-state index is 13.0. The van der Waals surface area contributed by atoms with Gasteiger partial charge in [0.2, 0.25) is 0 Å². The molecule has 0 unspecified atom stereocenters. The first-order chi connectivity index (χ1) is 22.9. The molecule has 0 aliphatic heterocycles. The summed E-state index contributed by atoms with van der Waals surface area (Å²) in [6.07, 6.45) is 0. The number of methoxy groups -OCH3 is 1. The van der Waals surface area contributed by atoms with E-state index in [0.29, 0.717) is 49.2 Å². The second kappa shape index (κ2) is 16.0. The molecule has 0 radical (unpaired) electrons. The first-order valence-corrected chi connectivity index (χ1v) is 15.9. The normalized spacial score (nSPS) is 11.2. The molecule has 0 aliphatic carbocycles. The lowest BCUT2D eigenvalue weighted by molar-refractivity contribution is 0.0595. The maximum Gasteiger partial charge on any atom is 0.360 e. The lowest BCUT2D eigenvalue weighted by atomic mass is 10.00. The molecule has 0 saturated carbocycles. The van der Waals surface area contributed by atoms with E-state index in [1.54, 1.807) is 4.68 Å². The number of carbonyl (C=O) groups excluding carboxylic acids is 1. The highest BCUT2D eigenvalue weighted by Crippen LogP contribution is 2.39. The van der Waals surface area contributed by atoms with Crippen molar-refractivity contribution in [1.29, 1.82) is 0 Å². The van der Waals surface area contributed by atoms with Crippen LogP contribution in [0.4, 0.5) is 0 Å². The Bertz CT molecular complexity index is 1740. The predicted molar refractivity (Wildman–Crippen MR) is 182 cm³/mol. The van der Waals surface area contributed by atoms with Gasteiger partial charge in [-0.1, -0.05) is 111 Å². The van der Waals surface area contributed by atoms with Crippen LogP contribution in [0.5, 0.6) is 11.5 Å². The Hall–Kier alpha value is -4.99. The summed E-state index contributed by atoms with van der Waals surface area (Å²) in [5.41, 5.74) is 6.06. The summed E-state index contributed by atoms with van der Waals surface area (Å²) in [5.74, 6) is 0.755. The standard InChI is InChI=1S/C38H42N4O5/c1-5-41(20-21-43)24-28-16-18-31(19-17-28)37-36(38(44)45-4)39-40-42(37)33-22-32(27(2)3)34(46-25-29-12-8-6-9-13-29)23-35(33)47-26-30-14-10-7-11-15-30/h6-19,22-23,27,43H,5,20-21,24-26H2,1-4H3. The Balaban J connectivity index is 1.60. The molecule has 5 rings (SSSR count). The molecule has 0 spiro atoms. The Morgan fingerprint density at radius 2 is 1.47 bits per heavy atom. The number of hydrogen-bond donors (Lipinski definition) is 1. The molecule has 47 heavy (non-hydrogen) atoms. The minimum Gasteiger partial charge on any atom is -0.488 e. The number of likely N-dealkylation sites (N-methyl/N-ethyl adjacent to an activating group) is 1. The number of rotatable bonds is 15. The van der Waals surface area contributed by atoms with Gasteiger partial charge in [0, 0.05) is 24.7 Å². The number of hydrogen-bond acceptors (Lipinski definition) is 8. The van der Waals surface area contributed by atoms with Crippen LogP contribution in [0.2, 0.25) is 0 Å². The summed E-state index contributed by atoms with van der Waals surface area (Å²) in [7, 11) is 1.33.